The summed E-state index contributed by atoms with van der Waals surface area (Å²) in [6.07, 6.45) is -1.39. The fraction of sp³-hybridized carbons (Fsp3) is 0.440. The zero-order chi connectivity index (χ0) is 23.9. The molecule has 174 valence electrons. The lowest BCUT2D eigenvalue weighted by molar-refractivity contribution is -0.321. The number of aliphatic hydroxyl groups excluding tert-OH is 1. The maximum atomic E-state index is 13.2. The Labute approximate surface area is 190 Å². The number of fused-ring (bicyclic) bond motifs is 3. The van der Waals surface area contributed by atoms with Crippen molar-refractivity contribution in [3.63, 3.8) is 0 Å². The molecule has 33 heavy (non-hydrogen) atoms. The Morgan fingerprint density at radius 2 is 1.45 bits per heavy atom. The van der Waals surface area contributed by atoms with E-state index in [1.165, 1.54) is 12.1 Å². The van der Waals surface area contributed by atoms with Crippen LogP contribution in [0.2, 0.25) is 0 Å². The van der Waals surface area contributed by atoms with Gasteiger partial charge in [-0.1, -0.05) is 38.1 Å². The highest BCUT2D eigenvalue weighted by Gasteiger charge is 2.56. The van der Waals surface area contributed by atoms with E-state index in [-0.39, 0.29) is 51.6 Å². The molecule has 5 N–H and O–H groups in total. The molecule has 8 nitrogen and oxygen atoms in total. The molecule has 3 aliphatic rings. The summed E-state index contributed by atoms with van der Waals surface area (Å²) in [4.78, 5) is 26.4. The average Bonchev–Trinajstić information content (AvgIpc) is 2.76. The van der Waals surface area contributed by atoms with Crippen LogP contribution >= 0.6 is 0 Å². The van der Waals surface area contributed by atoms with Gasteiger partial charge in [-0.15, -0.1) is 0 Å². The molecular weight excluding hydrogens is 426 g/mol. The van der Waals surface area contributed by atoms with Gasteiger partial charge in [0.1, 0.15) is 11.5 Å². The summed E-state index contributed by atoms with van der Waals surface area (Å²) in [6.45, 7) is 6.46. The summed E-state index contributed by atoms with van der Waals surface area (Å²) in [5.74, 6) is -3.39. The molecule has 0 spiro atoms. The molecule has 0 saturated carbocycles. The van der Waals surface area contributed by atoms with Crippen LogP contribution in [0.25, 0.3) is 0 Å². The van der Waals surface area contributed by atoms with Gasteiger partial charge in [0.2, 0.25) is 0 Å². The number of phenols is 2. The standard InChI is InChI=1S/C25H27NO7/c1-23(2)10-32-24(3,33-11-23)25(26)8-14-16(15(27)9-25)22(31)18-17(21(14)30)19(28)12-6-4-5-7-13(12)20(18)29/h4-7,15,27,30-31H,8-11,26H2,1-3H3/t15?,25-/m0/s1. The predicted molar refractivity (Wildman–Crippen MR) is 117 cm³/mol. The van der Waals surface area contributed by atoms with E-state index >= 15 is 0 Å². The third kappa shape index (κ3) is 2.98. The minimum Gasteiger partial charge on any atom is -0.507 e. The van der Waals surface area contributed by atoms with Crippen LogP contribution in [-0.2, 0) is 15.9 Å². The number of benzene rings is 2. The summed E-state index contributed by atoms with van der Waals surface area (Å²) < 4.78 is 12.1. The van der Waals surface area contributed by atoms with Crippen LogP contribution in [0, 0.1) is 5.41 Å². The number of hydrogen-bond acceptors (Lipinski definition) is 8. The number of phenolic OH excluding ortho intramolecular Hbond substituents is 2. The topological polar surface area (TPSA) is 139 Å². The lowest BCUT2D eigenvalue weighted by atomic mass is 9.69. The third-order valence-electron chi connectivity index (χ3n) is 7.22. The van der Waals surface area contributed by atoms with Crippen LogP contribution in [0.3, 0.4) is 0 Å². The quantitative estimate of drug-likeness (QED) is 0.412. The minimum atomic E-state index is -1.31. The maximum Gasteiger partial charge on any atom is 0.198 e. The molecule has 0 aromatic heterocycles. The van der Waals surface area contributed by atoms with Crippen LogP contribution in [0.5, 0.6) is 11.5 Å². The Balaban J connectivity index is 1.65. The highest BCUT2D eigenvalue weighted by molar-refractivity contribution is 6.30. The number of rotatable bonds is 1. The van der Waals surface area contributed by atoms with Crippen molar-refractivity contribution >= 4 is 11.6 Å². The van der Waals surface area contributed by atoms with E-state index < -0.39 is 40.5 Å². The molecule has 1 fully saturated rings. The minimum absolute atomic E-state index is 0.00703. The molecule has 0 amide bonds. The second kappa shape index (κ2) is 6.87. The summed E-state index contributed by atoms with van der Waals surface area (Å²) in [7, 11) is 0. The summed E-state index contributed by atoms with van der Waals surface area (Å²) in [5.41, 5.74) is 5.10. The van der Waals surface area contributed by atoms with Crippen LogP contribution in [-0.4, -0.2) is 51.4 Å². The molecule has 2 aliphatic carbocycles. The maximum absolute atomic E-state index is 13.2. The molecule has 1 unspecified atom stereocenters. The van der Waals surface area contributed by atoms with Crippen LogP contribution < -0.4 is 5.73 Å². The van der Waals surface area contributed by atoms with Gasteiger partial charge in [0.15, 0.2) is 17.4 Å². The van der Waals surface area contributed by atoms with E-state index in [9.17, 15) is 24.9 Å². The van der Waals surface area contributed by atoms with Gasteiger partial charge in [-0.3, -0.25) is 9.59 Å². The number of aromatic hydroxyl groups is 2. The first-order valence-electron chi connectivity index (χ1n) is 10.9. The fourth-order valence-electron chi connectivity index (χ4n) is 5.14. The zero-order valence-corrected chi connectivity index (χ0v) is 18.8. The summed E-state index contributed by atoms with van der Waals surface area (Å²) >= 11 is 0. The van der Waals surface area contributed by atoms with Gasteiger partial charge in [-0.2, -0.15) is 0 Å². The Morgan fingerprint density at radius 3 is 2.00 bits per heavy atom. The van der Waals surface area contributed by atoms with Gasteiger partial charge < -0.3 is 30.5 Å². The first kappa shape index (κ1) is 22.0. The molecule has 0 radical (unpaired) electrons. The van der Waals surface area contributed by atoms with E-state index in [4.69, 9.17) is 15.2 Å². The van der Waals surface area contributed by atoms with Crippen molar-refractivity contribution in [3.05, 3.63) is 57.6 Å². The first-order chi connectivity index (χ1) is 15.4. The molecule has 1 saturated heterocycles. The normalized spacial score (nSPS) is 27.5. The summed E-state index contributed by atoms with van der Waals surface area (Å²) in [6, 6.07) is 6.24. The van der Waals surface area contributed by atoms with Gasteiger partial charge in [0.25, 0.3) is 0 Å². The lowest BCUT2D eigenvalue weighted by Crippen LogP contribution is -2.67. The van der Waals surface area contributed by atoms with E-state index in [1.54, 1.807) is 19.1 Å². The molecule has 0 bridgehead atoms. The average molecular weight is 453 g/mol. The largest absolute Gasteiger partial charge is 0.507 e. The van der Waals surface area contributed by atoms with Crippen molar-refractivity contribution in [1.82, 2.24) is 0 Å². The predicted octanol–water partition coefficient (Wildman–Crippen LogP) is 2.34. The van der Waals surface area contributed by atoms with Gasteiger partial charge in [-0.25, -0.2) is 0 Å². The molecule has 1 heterocycles. The second-order valence-electron chi connectivity index (χ2n) is 10.3. The molecule has 5 rings (SSSR count). The number of hydrogen-bond donors (Lipinski definition) is 4. The van der Waals surface area contributed by atoms with Crippen molar-refractivity contribution in [1.29, 1.82) is 0 Å². The zero-order valence-electron chi connectivity index (χ0n) is 18.8. The number of ether oxygens (including phenoxy) is 2. The molecule has 1 aliphatic heterocycles. The van der Waals surface area contributed by atoms with E-state index in [0.717, 1.165) is 0 Å². The van der Waals surface area contributed by atoms with Crippen LogP contribution in [0.15, 0.2) is 24.3 Å². The number of nitrogens with two attached hydrogens (primary N) is 1. The lowest BCUT2D eigenvalue weighted by Gasteiger charge is -2.53. The Hall–Kier alpha value is -2.78. The van der Waals surface area contributed by atoms with Crippen molar-refractivity contribution < 1.29 is 34.4 Å². The number of ketones is 2. The van der Waals surface area contributed by atoms with E-state index in [1.807, 2.05) is 13.8 Å². The smallest absolute Gasteiger partial charge is 0.198 e. The van der Waals surface area contributed by atoms with Gasteiger partial charge in [-0.05, 0) is 13.3 Å². The Morgan fingerprint density at radius 1 is 0.939 bits per heavy atom. The van der Waals surface area contributed by atoms with Gasteiger partial charge in [0, 0.05) is 34.1 Å². The number of carbonyl (C=O) groups excluding carboxylic acids is 2. The number of carbonyl (C=O) groups is 2. The second-order valence-corrected chi connectivity index (χ2v) is 10.3. The van der Waals surface area contributed by atoms with Crippen LogP contribution in [0.1, 0.15) is 76.3 Å². The van der Waals surface area contributed by atoms with Crippen LogP contribution in [0.4, 0.5) is 0 Å². The first-order valence-corrected chi connectivity index (χ1v) is 10.9. The molecule has 2 aromatic rings. The SMILES string of the molecule is CC1(C)COC(C)([C@]2(N)Cc3c(O)c4c(c(O)c3C(O)C2)C(=O)c2ccccc2C4=O)OC1. The summed E-state index contributed by atoms with van der Waals surface area (Å²) in [5, 5.41) is 33.3. The monoisotopic (exact) mass is 453 g/mol. The van der Waals surface area contributed by atoms with Gasteiger partial charge in [0.05, 0.1) is 36.0 Å². The van der Waals surface area contributed by atoms with Crippen molar-refractivity contribution in [2.45, 2.75) is 51.0 Å². The fourth-order valence-corrected chi connectivity index (χ4v) is 5.14. The molecular formula is C25H27NO7. The molecule has 2 aromatic carbocycles. The van der Waals surface area contributed by atoms with Crippen molar-refractivity contribution in [3.8, 4) is 11.5 Å². The number of aliphatic hydroxyl groups is 1. The van der Waals surface area contributed by atoms with Crippen molar-refractivity contribution in [2.24, 2.45) is 11.1 Å². The third-order valence-corrected chi connectivity index (χ3v) is 7.22. The van der Waals surface area contributed by atoms with E-state index in [0.29, 0.717) is 13.2 Å². The molecule has 2 atom stereocenters. The Bertz CT molecular complexity index is 1210. The Kier molecular flexibility index (Phi) is 4.58. The van der Waals surface area contributed by atoms with Crippen molar-refractivity contribution in [2.75, 3.05) is 13.2 Å². The molecule has 8 heteroatoms. The highest BCUT2D eigenvalue weighted by Crippen LogP contribution is 2.52. The van der Waals surface area contributed by atoms with Gasteiger partial charge >= 0.3 is 0 Å². The highest BCUT2D eigenvalue weighted by atomic mass is 16.7. The van der Waals surface area contributed by atoms with E-state index in [2.05, 4.69) is 0 Å².